The Hall–Kier alpha value is -3.21. The Kier molecular flexibility index (Phi) is 6.19. The highest BCUT2D eigenvalue weighted by Gasteiger charge is 2.45. The van der Waals surface area contributed by atoms with E-state index in [1.54, 1.807) is 0 Å². The maximum atomic E-state index is 14.8. The number of hydrogen-bond acceptors (Lipinski definition) is 6. The fraction of sp³-hybridized carbons (Fsp3) is 0.529. The number of nitrogens with zero attached hydrogens (tertiary/aromatic N) is 4. The highest BCUT2D eigenvalue weighted by molar-refractivity contribution is 5.99. The summed E-state index contributed by atoms with van der Waals surface area (Å²) in [4.78, 5) is 15.2. The van der Waals surface area contributed by atoms with Crippen molar-refractivity contribution in [2.45, 2.75) is 87.9 Å². The highest BCUT2D eigenvalue weighted by atomic mass is 19.1. The van der Waals surface area contributed by atoms with Crippen LogP contribution < -0.4 is 15.0 Å². The third-order valence-electron chi connectivity index (χ3n) is 10.7. The molecule has 5 aliphatic heterocycles. The van der Waals surface area contributed by atoms with Crippen LogP contribution in [0.3, 0.4) is 0 Å². The van der Waals surface area contributed by atoms with Crippen LogP contribution in [0.1, 0.15) is 79.8 Å². The zero-order valence-electron chi connectivity index (χ0n) is 23.7. The molecular formula is C34H38FN5O. The van der Waals surface area contributed by atoms with Crippen LogP contribution in [0, 0.1) is 18.2 Å². The minimum absolute atomic E-state index is 0.151. The van der Waals surface area contributed by atoms with Crippen LogP contribution in [-0.4, -0.2) is 58.7 Å². The zero-order valence-corrected chi connectivity index (χ0v) is 23.7. The molecule has 2 aromatic carbocycles. The Bertz CT molecular complexity index is 1530. The first kappa shape index (κ1) is 25.5. The topological polar surface area (TPSA) is 53.5 Å². The average molecular weight is 552 g/mol. The molecule has 6 nitrogen and oxygen atoms in total. The lowest BCUT2D eigenvalue weighted by molar-refractivity contribution is 0.107. The van der Waals surface area contributed by atoms with Gasteiger partial charge in [0.15, 0.2) is 0 Å². The van der Waals surface area contributed by atoms with Crippen molar-refractivity contribution in [2.75, 3.05) is 31.1 Å². The second-order valence-electron chi connectivity index (χ2n) is 12.9. The molecule has 0 aliphatic carbocycles. The number of terminal acetylenes is 1. The number of rotatable bonds is 5. The molecule has 3 aromatic rings. The molecular weight excluding hydrogens is 513 g/mol. The van der Waals surface area contributed by atoms with Crippen LogP contribution >= 0.6 is 0 Å². The summed E-state index contributed by atoms with van der Waals surface area (Å²) in [6.45, 7) is 4.48. The molecule has 4 saturated heterocycles. The highest BCUT2D eigenvalue weighted by Crippen LogP contribution is 2.42. The lowest BCUT2D eigenvalue weighted by Crippen LogP contribution is -2.43. The smallest absolute Gasteiger partial charge is 0.316 e. The van der Waals surface area contributed by atoms with Gasteiger partial charge in [0.05, 0.1) is 29.0 Å². The van der Waals surface area contributed by atoms with Crippen LogP contribution in [0.15, 0.2) is 30.3 Å². The predicted molar refractivity (Wildman–Crippen MR) is 159 cm³/mol. The van der Waals surface area contributed by atoms with Crippen molar-refractivity contribution >= 4 is 16.5 Å². The summed E-state index contributed by atoms with van der Waals surface area (Å²) in [5, 5.41) is 5.56. The number of hydrogen-bond donors (Lipinski definition) is 1. The molecule has 5 aliphatic rings. The number of piperidine rings is 1. The van der Waals surface area contributed by atoms with Crippen LogP contribution in [0.25, 0.3) is 10.8 Å². The fourth-order valence-corrected chi connectivity index (χ4v) is 8.72. The van der Waals surface area contributed by atoms with Gasteiger partial charge in [-0.15, -0.1) is 6.42 Å². The summed E-state index contributed by atoms with van der Waals surface area (Å²) in [5.41, 5.74) is 5.00. The molecule has 4 fully saturated rings. The first-order valence-electron chi connectivity index (χ1n) is 15.6. The number of ether oxygens (including phenoxy) is 1. The Labute approximate surface area is 241 Å². The molecule has 1 unspecified atom stereocenters. The molecule has 212 valence electrons. The Morgan fingerprint density at radius 2 is 1.85 bits per heavy atom. The Morgan fingerprint density at radius 3 is 2.63 bits per heavy atom. The van der Waals surface area contributed by atoms with Crippen molar-refractivity contribution in [3.63, 3.8) is 0 Å². The van der Waals surface area contributed by atoms with Gasteiger partial charge < -0.3 is 15.0 Å². The summed E-state index contributed by atoms with van der Waals surface area (Å²) >= 11 is 0. The van der Waals surface area contributed by atoms with Crippen molar-refractivity contribution in [1.29, 1.82) is 0 Å². The summed E-state index contributed by atoms with van der Waals surface area (Å²) < 4.78 is 21.3. The van der Waals surface area contributed by atoms with E-state index in [2.05, 4.69) is 27.1 Å². The van der Waals surface area contributed by atoms with Crippen LogP contribution in [0.4, 0.5) is 10.1 Å². The lowest BCUT2D eigenvalue weighted by Gasteiger charge is -2.35. The molecule has 0 spiro atoms. The molecule has 0 amide bonds. The second-order valence-corrected chi connectivity index (χ2v) is 12.9. The molecule has 8 rings (SSSR count). The number of nitrogens with one attached hydrogen (secondary N) is 1. The normalized spacial score (nSPS) is 26.6. The Balaban J connectivity index is 1.16. The average Bonchev–Trinajstić information content (AvgIpc) is 3.68. The lowest BCUT2D eigenvalue weighted by atomic mass is 9.85. The minimum Gasteiger partial charge on any atom is -0.461 e. The van der Waals surface area contributed by atoms with Crippen molar-refractivity contribution in [2.24, 2.45) is 0 Å². The van der Waals surface area contributed by atoms with E-state index in [-0.39, 0.29) is 11.4 Å². The summed E-state index contributed by atoms with van der Waals surface area (Å²) in [5.74, 6) is 2.70. The molecule has 0 radical (unpaired) electrons. The maximum Gasteiger partial charge on any atom is 0.316 e. The quantitative estimate of drug-likeness (QED) is 0.434. The second kappa shape index (κ2) is 9.96. The fourth-order valence-electron chi connectivity index (χ4n) is 8.72. The van der Waals surface area contributed by atoms with Gasteiger partial charge in [0.25, 0.3) is 0 Å². The van der Waals surface area contributed by atoms with E-state index in [1.165, 1.54) is 68.9 Å². The van der Waals surface area contributed by atoms with Gasteiger partial charge in [-0.25, -0.2) is 4.39 Å². The molecule has 3 atom stereocenters. The molecule has 6 heterocycles. The van der Waals surface area contributed by atoms with E-state index >= 15 is 0 Å². The van der Waals surface area contributed by atoms with E-state index < -0.39 is 0 Å². The van der Waals surface area contributed by atoms with E-state index in [4.69, 9.17) is 21.1 Å². The van der Waals surface area contributed by atoms with E-state index in [0.717, 1.165) is 48.0 Å². The van der Waals surface area contributed by atoms with Gasteiger partial charge in [0.1, 0.15) is 12.4 Å². The van der Waals surface area contributed by atoms with Gasteiger partial charge in [0.2, 0.25) is 0 Å². The van der Waals surface area contributed by atoms with E-state index in [0.29, 0.717) is 42.7 Å². The largest absolute Gasteiger partial charge is 0.461 e. The summed E-state index contributed by atoms with van der Waals surface area (Å²) in [6, 6.07) is 11.1. The van der Waals surface area contributed by atoms with Gasteiger partial charge in [-0.1, -0.05) is 24.1 Å². The minimum atomic E-state index is -0.349. The number of fused-ring (bicyclic) bond motifs is 5. The van der Waals surface area contributed by atoms with Gasteiger partial charge in [-0.3, -0.25) is 4.90 Å². The zero-order chi connectivity index (χ0) is 27.6. The summed E-state index contributed by atoms with van der Waals surface area (Å²) in [7, 11) is 0. The van der Waals surface area contributed by atoms with E-state index in [1.807, 2.05) is 18.2 Å². The number of halogens is 1. The monoisotopic (exact) mass is 551 g/mol. The van der Waals surface area contributed by atoms with Crippen LogP contribution in [-0.2, 0) is 13.0 Å². The van der Waals surface area contributed by atoms with Crippen LogP contribution in [0.5, 0.6) is 6.01 Å². The van der Waals surface area contributed by atoms with Gasteiger partial charge in [-0.05, 0) is 94.0 Å². The SMILES string of the molecule is C#Cc1c(F)ccc2cccc(N3CCc4c(nc(OCC56CCCN5CCC6)nc4C4C[C@H]5CC[C@@H](C4)N5)C3)c12. The van der Waals surface area contributed by atoms with Crippen molar-refractivity contribution in [3.8, 4) is 18.4 Å². The molecule has 1 N–H and O–H groups in total. The maximum absolute atomic E-state index is 14.8. The first-order chi connectivity index (χ1) is 20.1. The molecule has 7 heteroatoms. The van der Waals surface area contributed by atoms with Crippen molar-refractivity contribution in [3.05, 3.63) is 58.7 Å². The Morgan fingerprint density at radius 1 is 1.05 bits per heavy atom. The molecule has 41 heavy (non-hydrogen) atoms. The summed E-state index contributed by atoms with van der Waals surface area (Å²) in [6.07, 6.45) is 16.4. The number of anilines is 1. The molecule has 2 bridgehead atoms. The third kappa shape index (κ3) is 4.30. The number of benzene rings is 2. The van der Waals surface area contributed by atoms with E-state index in [9.17, 15) is 4.39 Å². The van der Waals surface area contributed by atoms with Crippen molar-refractivity contribution in [1.82, 2.24) is 20.2 Å². The van der Waals surface area contributed by atoms with Crippen molar-refractivity contribution < 1.29 is 9.13 Å². The molecule has 0 saturated carbocycles. The third-order valence-corrected chi connectivity index (χ3v) is 10.7. The van der Waals surface area contributed by atoms with Gasteiger partial charge in [-0.2, -0.15) is 9.97 Å². The predicted octanol–water partition coefficient (Wildman–Crippen LogP) is 5.32. The molecule has 1 aromatic heterocycles. The first-order valence-corrected chi connectivity index (χ1v) is 15.6. The van der Waals surface area contributed by atoms with Gasteiger partial charge >= 0.3 is 6.01 Å². The number of aromatic nitrogens is 2. The standard InChI is InChI=1S/C34H38FN5O/c1-2-26-28(35)11-8-22-6-3-7-30(31(22)26)39-17-12-27-29(20-39)37-33(41-21-34-13-4-15-40(34)16-5-14-34)38-32(27)23-18-24-9-10-25(19-23)36-24/h1,3,6-8,11,23-25,36H,4-5,9-10,12-21H2/t23?,24-,25+. The van der Waals surface area contributed by atoms with Crippen LogP contribution in [0.2, 0.25) is 0 Å². The van der Waals surface area contributed by atoms with Gasteiger partial charge in [0, 0.05) is 35.6 Å².